The lowest BCUT2D eigenvalue weighted by Gasteiger charge is -2.33. The number of carbonyl (C=O) groups excluding carboxylic acids is 2. The van der Waals surface area contributed by atoms with Gasteiger partial charge in [0.05, 0.1) is 31.3 Å². The lowest BCUT2D eigenvalue weighted by atomic mass is 9.81. The highest BCUT2D eigenvalue weighted by Gasteiger charge is 2.53. The molecule has 0 aliphatic heterocycles. The quantitative estimate of drug-likeness (QED) is 0.105. The van der Waals surface area contributed by atoms with E-state index in [1.807, 2.05) is 115 Å². The van der Waals surface area contributed by atoms with Crippen LogP contribution in [0.2, 0.25) is 0 Å². The molecule has 0 amide bonds. The Kier molecular flexibility index (Phi) is 9.45. The zero-order valence-corrected chi connectivity index (χ0v) is 27.5. The fourth-order valence-corrected chi connectivity index (χ4v) is 11.0. The molecule has 0 spiro atoms. The zero-order chi connectivity index (χ0) is 33.1. The Balaban J connectivity index is 1.95. The van der Waals surface area contributed by atoms with Crippen LogP contribution in [0.4, 0.5) is 0 Å². The van der Waals surface area contributed by atoms with Crippen molar-refractivity contribution < 1.29 is 24.0 Å². The molecule has 0 unspecified atom stereocenters. The van der Waals surface area contributed by atoms with Gasteiger partial charge >= 0.3 is 11.9 Å². The maximum absolute atomic E-state index is 14.4. The Bertz CT molecular complexity index is 1710. The first kappa shape index (κ1) is 32.6. The highest BCUT2D eigenvalue weighted by Crippen LogP contribution is 2.52. The molecule has 0 heterocycles. The summed E-state index contributed by atoms with van der Waals surface area (Å²) in [5, 5.41) is 15.9. The van der Waals surface area contributed by atoms with Crippen LogP contribution in [0.15, 0.2) is 127 Å². The van der Waals surface area contributed by atoms with Gasteiger partial charge in [0.2, 0.25) is 6.04 Å². The van der Waals surface area contributed by atoms with E-state index in [0.29, 0.717) is 5.56 Å². The summed E-state index contributed by atoms with van der Waals surface area (Å²) in [5.41, 5.74) is 1.70. The van der Waals surface area contributed by atoms with Crippen LogP contribution < -0.4 is 15.9 Å². The highest BCUT2D eigenvalue weighted by molar-refractivity contribution is 7.96. The zero-order valence-electron chi connectivity index (χ0n) is 26.6. The molecule has 0 bridgehead atoms. The lowest BCUT2D eigenvalue weighted by Crippen LogP contribution is -2.39. The molecule has 0 N–H and O–H groups in total. The van der Waals surface area contributed by atoms with Gasteiger partial charge in [0.1, 0.15) is 0 Å². The molecule has 1 aliphatic carbocycles. The molecule has 0 radical (unpaired) electrons. The molecule has 8 heteroatoms. The average Bonchev–Trinajstić information content (AvgIpc) is 3.47. The van der Waals surface area contributed by atoms with E-state index in [-0.39, 0.29) is 21.2 Å². The van der Waals surface area contributed by atoms with Gasteiger partial charge in [-0.25, -0.2) is 4.79 Å². The largest absolute Gasteiger partial charge is 0.469 e. The average molecular weight is 636 g/mol. The summed E-state index contributed by atoms with van der Waals surface area (Å²) in [6.07, 6.45) is 1.58. The van der Waals surface area contributed by atoms with E-state index < -0.39 is 36.7 Å². The Morgan fingerprint density at radius 1 is 0.717 bits per heavy atom. The van der Waals surface area contributed by atoms with E-state index in [2.05, 4.69) is 20.8 Å². The highest BCUT2D eigenvalue weighted by atomic mass is 31.2. The minimum Gasteiger partial charge on any atom is -0.469 e. The molecular weight excluding hydrogens is 597 g/mol. The van der Waals surface area contributed by atoms with E-state index in [0.717, 1.165) is 21.5 Å². The molecule has 4 aromatic rings. The van der Waals surface area contributed by atoms with E-state index in [1.165, 1.54) is 14.2 Å². The van der Waals surface area contributed by atoms with Gasteiger partial charge in [0.15, 0.2) is 0 Å². The third-order valence-corrected chi connectivity index (χ3v) is 13.0. The molecule has 1 aliphatic rings. The lowest BCUT2D eigenvalue weighted by molar-refractivity contribution is -0.514. The van der Waals surface area contributed by atoms with Crippen LogP contribution in [-0.4, -0.2) is 42.4 Å². The van der Waals surface area contributed by atoms with E-state index in [9.17, 15) is 19.7 Å². The maximum Gasteiger partial charge on any atom is 0.339 e. The topological polar surface area (TPSA) is 95.7 Å². The number of benzene rings is 4. The van der Waals surface area contributed by atoms with Crippen molar-refractivity contribution in [3.8, 4) is 0 Å². The molecule has 4 aromatic carbocycles. The fraction of sp³-hybridized carbons (Fsp3) is 0.237. The van der Waals surface area contributed by atoms with Gasteiger partial charge in [-0.05, 0) is 39.3 Å². The van der Waals surface area contributed by atoms with Crippen molar-refractivity contribution in [2.45, 2.75) is 38.1 Å². The van der Waals surface area contributed by atoms with Crippen molar-refractivity contribution >= 4 is 40.0 Å². The first-order valence-corrected chi connectivity index (χ1v) is 16.9. The number of ether oxygens (including phenoxy) is 2. The number of carbonyl (C=O) groups is 2. The third-order valence-electron chi connectivity index (χ3n) is 8.68. The van der Waals surface area contributed by atoms with Crippen LogP contribution in [0.1, 0.15) is 37.8 Å². The van der Waals surface area contributed by atoms with Gasteiger partial charge in [-0.15, -0.1) is 0 Å². The predicted molar refractivity (Wildman–Crippen MR) is 184 cm³/mol. The van der Waals surface area contributed by atoms with Crippen molar-refractivity contribution in [3.63, 3.8) is 0 Å². The summed E-state index contributed by atoms with van der Waals surface area (Å²) in [7, 11) is 2.56. The van der Waals surface area contributed by atoms with Crippen LogP contribution in [0.25, 0.3) is 0 Å². The Morgan fingerprint density at radius 3 is 1.54 bits per heavy atom. The van der Waals surface area contributed by atoms with Crippen LogP contribution in [0, 0.1) is 16.0 Å². The molecule has 5 rings (SSSR count). The number of hydrogen-bond acceptors (Lipinski definition) is 6. The van der Waals surface area contributed by atoms with E-state index >= 15 is 0 Å². The van der Waals surface area contributed by atoms with Crippen molar-refractivity contribution in [1.82, 2.24) is 0 Å². The van der Waals surface area contributed by atoms with Crippen LogP contribution in [-0.2, 0) is 24.5 Å². The maximum atomic E-state index is 14.4. The van der Waals surface area contributed by atoms with Gasteiger partial charge in [-0.2, -0.15) is 0 Å². The van der Waals surface area contributed by atoms with Crippen molar-refractivity contribution in [3.05, 3.63) is 148 Å². The smallest absolute Gasteiger partial charge is 0.339 e. The first-order valence-electron chi connectivity index (χ1n) is 15.1. The summed E-state index contributed by atoms with van der Waals surface area (Å²) in [6.45, 7) is 3.11. The first-order chi connectivity index (χ1) is 22.0. The van der Waals surface area contributed by atoms with Crippen LogP contribution in [0.5, 0.6) is 0 Å². The summed E-state index contributed by atoms with van der Waals surface area (Å²) in [5.74, 6) is -3.23. The number of hydrogen-bond donors (Lipinski definition) is 0. The summed E-state index contributed by atoms with van der Waals surface area (Å²) in [4.78, 5) is 40.7. The Hall–Kier alpha value is -4.74. The molecule has 0 fully saturated rings. The van der Waals surface area contributed by atoms with Gasteiger partial charge in [-0.3, -0.25) is 14.9 Å². The minimum absolute atomic E-state index is 0.140. The number of esters is 2. The second kappa shape index (κ2) is 13.3. The molecule has 0 saturated carbocycles. The number of nitrogens with zero attached hydrogens (tertiary/aromatic N) is 1. The van der Waals surface area contributed by atoms with Crippen LogP contribution in [0.3, 0.4) is 0 Å². The van der Waals surface area contributed by atoms with Gasteiger partial charge < -0.3 is 9.47 Å². The molecule has 7 nitrogen and oxygen atoms in total. The molecule has 0 aromatic heterocycles. The summed E-state index contributed by atoms with van der Waals surface area (Å²) < 4.78 is 10.7. The molecule has 0 saturated heterocycles. The minimum atomic E-state index is -3.16. The summed E-state index contributed by atoms with van der Waals surface area (Å²) in [6, 6.07) is 34.9. The van der Waals surface area contributed by atoms with Crippen molar-refractivity contribution in [2.24, 2.45) is 5.92 Å². The molecular formula is C38H38NO6P. The third kappa shape index (κ3) is 5.83. The monoisotopic (exact) mass is 635 g/mol. The van der Waals surface area contributed by atoms with Crippen LogP contribution >= 0.6 is 6.89 Å². The second-order valence-corrected chi connectivity index (χ2v) is 15.7. The Morgan fingerprint density at radius 2 is 1.17 bits per heavy atom. The van der Waals surface area contributed by atoms with E-state index in [4.69, 9.17) is 9.47 Å². The number of rotatable bonds is 8. The molecule has 3 atom stereocenters. The SMILES string of the molecule is COC(=O)C(C1=C[C@H](C(=O)OC)[C@H](c2ccc(C(C)(C)C)cc2)[C@H]1[N+](=O)[O-])=P(c1ccccc1)(c1ccccc1)c1ccccc1. The molecule has 46 heavy (non-hydrogen) atoms. The second-order valence-electron chi connectivity index (χ2n) is 12.3. The number of nitro groups is 1. The van der Waals surface area contributed by atoms with Gasteiger partial charge in [-0.1, -0.05) is 142 Å². The van der Waals surface area contributed by atoms with Crippen molar-refractivity contribution in [2.75, 3.05) is 14.2 Å². The predicted octanol–water partition coefficient (Wildman–Crippen LogP) is 5.78. The normalized spacial score (nSPS) is 17.9. The van der Waals surface area contributed by atoms with Gasteiger partial charge in [0.25, 0.3) is 0 Å². The fourth-order valence-electron chi connectivity index (χ4n) is 6.53. The van der Waals surface area contributed by atoms with Crippen molar-refractivity contribution in [1.29, 1.82) is 0 Å². The number of methoxy groups -OCH3 is 2. The van der Waals surface area contributed by atoms with E-state index in [1.54, 1.807) is 6.08 Å². The summed E-state index contributed by atoms with van der Waals surface area (Å²) >= 11 is 0. The standard InChI is InChI=1S/C38H38NO6P/c1-38(2,3)27-23-21-26(22-24-27)33-31(36(40)44-4)25-32(34(33)39(42)43)35(37(41)45-5)46(28-15-9-6-10-16-28,29-17-11-7-12-18-29)30-19-13-8-14-20-30/h6-25,31,33-34H,1-5H3/t31-,33-,34-/m0/s1. The van der Waals surface area contributed by atoms with Gasteiger partial charge in [0, 0.05) is 10.5 Å². The molecule has 236 valence electrons. The Labute approximate surface area is 270 Å².